The van der Waals surface area contributed by atoms with Gasteiger partial charge in [0, 0.05) is 17.0 Å². The summed E-state index contributed by atoms with van der Waals surface area (Å²) in [5, 5.41) is 15.3. The normalized spacial score (nSPS) is 26.3. The van der Waals surface area contributed by atoms with Crippen molar-refractivity contribution in [2.75, 3.05) is 6.54 Å². The van der Waals surface area contributed by atoms with Crippen LogP contribution in [-0.2, 0) is 24.4 Å². The summed E-state index contributed by atoms with van der Waals surface area (Å²) < 4.78 is 35.5. The van der Waals surface area contributed by atoms with E-state index in [9.17, 15) is 32.7 Å². The molecule has 0 radical (unpaired) electrons. The molecule has 0 spiro atoms. The van der Waals surface area contributed by atoms with E-state index < -0.39 is 68.7 Å². The highest BCUT2D eigenvalue weighted by atomic mass is 32.2. The van der Waals surface area contributed by atoms with Crippen LogP contribution in [0.4, 0.5) is 4.79 Å². The van der Waals surface area contributed by atoms with Gasteiger partial charge in [0.1, 0.15) is 29.4 Å². The first-order valence-electron chi connectivity index (χ1n) is 18.3. The summed E-state index contributed by atoms with van der Waals surface area (Å²) in [5.41, 5.74) is 0.224. The molecule has 8 rings (SSSR count). The van der Waals surface area contributed by atoms with E-state index in [-0.39, 0.29) is 31.7 Å². The number of ether oxygens (including phenoxy) is 1. The summed E-state index contributed by atoms with van der Waals surface area (Å²) in [4.78, 5) is 66.1. The molecule has 4 aliphatic rings. The lowest BCUT2D eigenvalue weighted by molar-refractivity contribution is -0.141. The molecule has 16 heteroatoms. The van der Waals surface area contributed by atoms with Crippen LogP contribution < -0.4 is 20.1 Å². The van der Waals surface area contributed by atoms with Gasteiger partial charge >= 0.3 is 6.09 Å². The lowest BCUT2D eigenvalue weighted by Gasteiger charge is -2.29. The number of para-hydroxylation sites is 2. The molecule has 4 heterocycles. The maximum Gasteiger partial charge on any atom is 0.405 e. The van der Waals surface area contributed by atoms with Gasteiger partial charge in [0.2, 0.25) is 27.7 Å². The van der Waals surface area contributed by atoms with E-state index >= 15 is 0 Å². The third kappa shape index (κ3) is 7.23. The summed E-state index contributed by atoms with van der Waals surface area (Å²) in [6, 6.07) is 15.0. The number of nitrogens with one attached hydrogen (secondary N) is 3. The Morgan fingerprint density at radius 1 is 1.00 bits per heavy atom. The van der Waals surface area contributed by atoms with Gasteiger partial charge in [0.05, 0.1) is 27.7 Å². The fourth-order valence-corrected chi connectivity index (χ4v) is 9.89. The van der Waals surface area contributed by atoms with Gasteiger partial charge in [-0.1, -0.05) is 55.3 Å². The van der Waals surface area contributed by atoms with Gasteiger partial charge in [-0.3, -0.25) is 19.1 Å². The summed E-state index contributed by atoms with van der Waals surface area (Å²) >= 11 is 1.53. The van der Waals surface area contributed by atoms with Crippen LogP contribution >= 0.6 is 11.3 Å². The maximum absolute atomic E-state index is 14.3. The number of allylic oxidation sites excluding steroid dienone is 1. The van der Waals surface area contributed by atoms with Gasteiger partial charge in [-0.25, -0.2) is 23.2 Å². The number of hydrogen-bond donors (Lipinski definition) is 4. The summed E-state index contributed by atoms with van der Waals surface area (Å²) in [5.74, 6) is -2.29. The van der Waals surface area contributed by atoms with Gasteiger partial charge < -0.3 is 25.4 Å². The Balaban J connectivity index is 1.13. The molecule has 1 saturated heterocycles. The zero-order valence-electron chi connectivity index (χ0n) is 29.3. The van der Waals surface area contributed by atoms with Crippen LogP contribution in [0.1, 0.15) is 57.8 Å². The predicted molar refractivity (Wildman–Crippen MR) is 201 cm³/mol. The van der Waals surface area contributed by atoms with Crippen molar-refractivity contribution in [3.05, 3.63) is 66.7 Å². The molecule has 4 amide bonds. The molecule has 282 valence electrons. The number of amides is 4. The number of nitrogens with zero attached hydrogens (tertiary/aromatic N) is 3. The van der Waals surface area contributed by atoms with Crippen molar-refractivity contribution in [3.63, 3.8) is 0 Å². The monoisotopic (exact) mass is 772 g/mol. The lowest BCUT2D eigenvalue weighted by atomic mass is 10.1. The Morgan fingerprint density at radius 3 is 2.52 bits per heavy atom. The van der Waals surface area contributed by atoms with E-state index in [1.165, 1.54) is 16.2 Å². The second kappa shape index (κ2) is 14.3. The van der Waals surface area contributed by atoms with Crippen molar-refractivity contribution in [2.24, 2.45) is 5.92 Å². The fraction of sp³-hybridized carbons (Fsp3) is 0.421. The molecule has 2 aliphatic heterocycles. The Kier molecular flexibility index (Phi) is 9.50. The molecule has 2 aliphatic carbocycles. The molecule has 3 fully saturated rings. The van der Waals surface area contributed by atoms with Crippen LogP contribution in [0.3, 0.4) is 0 Å². The second-order valence-electron chi connectivity index (χ2n) is 14.5. The van der Waals surface area contributed by atoms with Crippen LogP contribution in [-0.4, -0.2) is 87.7 Å². The summed E-state index contributed by atoms with van der Waals surface area (Å²) in [6.07, 6.45) is 5.68. The Hall–Kier alpha value is -5.09. The number of fused-ring (bicyclic) bond motifs is 4. The molecule has 4 aromatic rings. The average molecular weight is 773 g/mol. The number of carbonyl (C=O) groups excluding carboxylic acids is 3. The Morgan fingerprint density at radius 2 is 1.76 bits per heavy atom. The highest BCUT2D eigenvalue weighted by Gasteiger charge is 2.62. The third-order valence-corrected chi connectivity index (χ3v) is 13.6. The minimum absolute atomic E-state index is 0.00367. The molecule has 0 unspecified atom stereocenters. The molecular formula is C38H40N6O8S2. The molecule has 2 aromatic carbocycles. The smallest absolute Gasteiger partial charge is 0.405 e. The van der Waals surface area contributed by atoms with E-state index in [2.05, 4.69) is 15.4 Å². The zero-order valence-corrected chi connectivity index (χ0v) is 30.9. The highest BCUT2D eigenvalue weighted by molar-refractivity contribution is 7.91. The predicted octanol–water partition coefficient (Wildman–Crippen LogP) is 4.50. The number of benzene rings is 2. The Bertz CT molecular complexity index is 2260. The number of carbonyl (C=O) groups is 4. The summed E-state index contributed by atoms with van der Waals surface area (Å²) in [6.45, 7) is -0.0757. The van der Waals surface area contributed by atoms with Crippen molar-refractivity contribution in [2.45, 2.75) is 86.8 Å². The number of sulfonamides is 1. The standard InChI is InChI=1S/C38H40N6O8S2/c45-33-29-19-24(52-34-32(39-26-12-7-8-13-27(26)40-34)31-18-22-10-6-9-15-30(22)53-31)21-44(29)35(46)28(41-37(48)49)14-5-3-1-2-4-11-23-20-38(23,42-33)36(47)43-54(50,51)25-16-17-25/h4,6-13,15,18,23-25,28-29,41H,1-3,5,14,16-17,19-21H2,(H,42,45)(H,43,47)(H,48,49)/t23-,24-,28+,29+,38-/m1/s1. The van der Waals surface area contributed by atoms with Gasteiger partial charge in [0.15, 0.2) is 0 Å². The highest BCUT2D eigenvalue weighted by Crippen LogP contribution is 2.46. The second-order valence-corrected chi connectivity index (χ2v) is 17.6. The van der Waals surface area contributed by atoms with Crippen LogP contribution in [0.15, 0.2) is 66.7 Å². The number of carboxylic acid groups (broad SMARTS) is 1. The first-order chi connectivity index (χ1) is 26.0. The van der Waals surface area contributed by atoms with Crippen molar-refractivity contribution in [1.82, 2.24) is 30.2 Å². The quantitative estimate of drug-likeness (QED) is 0.194. The minimum atomic E-state index is -3.91. The van der Waals surface area contributed by atoms with E-state index in [1.54, 1.807) is 0 Å². The van der Waals surface area contributed by atoms with Crippen LogP contribution in [0.2, 0.25) is 0 Å². The van der Waals surface area contributed by atoms with Crippen LogP contribution in [0.5, 0.6) is 5.88 Å². The SMILES string of the molecule is O=C(O)N[C@H]1CCCCCC=C[C@@H]2C[C@@]2(C(=O)NS(=O)(=O)C2CC2)NC(=O)[C@@H]2C[C@@H](Oc3nc4ccccc4nc3-c3cc4ccccc4s3)CN2C1=O. The first-order valence-corrected chi connectivity index (χ1v) is 20.6. The van der Waals surface area contributed by atoms with Gasteiger partial charge in [-0.15, -0.1) is 11.3 Å². The molecular weight excluding hydrogens is 733 g/mol. The number of rotatable bonds is 7. The number of thiophene rings is 1. The molecule has 0 bridgehead atoms. The van der Waals surface area contributed by atoms with Crippen molar-refractivity contribution in [1.29, 1.82) is 0 Å². The van der Waals surface area contributed by atoms with E-state index in [0.717, 1.165) is 27.8 Å². The summed E-state index contributed by atoms with van der Waals surface area (Å²) in [7, 11) is -3.91. The topological polar surface area (TPSA) is 197 Å². The van der Waals surface area contributed by atoms with Gasteiger partial charge in [-0.05, 0) is 68.2 Å². The van der Waals surface area contributed by atoms with Gasteiger partial charge in [0.25, 0.3) is 5.91 Å². The van der Waals surface area contributed by atoms with E-state index in [4.69, 9.17) is 14.7 Å². The third-order valence-electron chi connectivity index (χ3n) is 10.6. The Labute approximate surface area is 315 Å². The lowest BCUT2D eigenvalue weighted by Crippen LogP contribution is -2.58. The molecule has 5 atom stereocenters. The molecule has 14 nitrogen and oxygen atoms in total. The van der Waals surface area contributed by atoms with Crippen LogP contribution in [0, 0.1) is 5.92 Å². The minimum Gasteiger partial charge on any atom is -0.471 e. The molecule has 2 aromatic heterocycles. The molecule has 54 heavy (non-hydrogen) atoms. The first kappa shape index (κ1) is 35.9. The zero-order chi connectivity index (χ0) is 37.6. The van der Waals surface area contributed by atoms with Crippen LogP contribution in [0.25, 0.3) is 31.7 Å². The largest absolute Gasteiger partial charge is 0.471 e. The van der Waals surface area contributed by atoms with E-state index in [1.807, 2.05) is 66.7 Å². The van der Waals surface area contributed by atoms with E-state index in [0.29, 0.717) is 42.4 Å². The molecule has 2 saturated carbocycles. The maximum atomic E-state index is 14.3. The average Bonchev–Trinajstić information content (AvgIpc) is 4.03. The number of hydrogen-bond acceptors (Lipinski definition) is 10. The van der Waals surface area contributed by atoms with Crippen molar-refractivity contribution < 1.29 is 37.4 Å². The number of aromatic nitrogens is 2. The fourth-order valence-electron chi connectivity index (χ4n) is 7.48. The van der Waals surface area contributed by atoms with Crippen molar-refractivity contribution in [3.8, 4) is 16.5 Å². The molecule has 4 N–H and O–H groups in total. The van der Waals surface area contributed by atoms with Crippen molar-refractivity contribution >= 4 is 66.3 Å². The van der Waals surface area contributed by atoms with Gasteiger partial charge in [-0.2, -0.15) is 0 Å².